The van der Waals surface area contributed by atoms with Crippen molar-refractivity contribution in [1.29, 1.82) is 0 Å². The number of ether oxygens (including phenoxy) is 2. The van der Waals surface area contributed by atoms with E-state index in [0.29, 0.717) is 22.0 Å². The summed E-state index contributed by atoms with van der Waals surface area (Å²) in [5.41, 5.74) is 3.52. The van der Waals surface area contributed by atoms with E-state index in [4.69, 9.17) is 9.47 Å². The molecule has 0 fully saturated rings. The molecule has 0 saturated heterocycles. The van der Waals surface area contributed by atoms with Gasteiger partial charge in [0.2, 0.25) is 0 Å². The summed E-state index contributed by atoms with van der Waals surface area (Å²) in [6, 6.07) is 40.3. The molecule has 8 nitrogen and oxygen atoms in total. The van der Waals surface area contributed by atoms with Crippen LogP contribution in [0.25, 0.3) is 22.0 Å². The van der Waals surface area contributed by atoms with E-state index < -0.39 is 17.8 Å². The van der Waals surface area contributed by atoms with Crippen molar-refractivity contribution < 1.29 is 23.4 Å². The molecule has 2 heterocycles. The van der Waals surface area contributed by atoms with Crippen molar-refractivity contribution >= 4 is 10.9 Å². The number of halogens is 2. The van der Waals surface area contributed by atoms with Gasteiger partial charge < -0.3 is 14.6 Å². The first-order chi connectivity index (χ1) is 25.5. The van der Waals surface area contributed by atoms with Crippen LogP contribution in [0.15, 0.2) is 145 Å². The van der Waals surface area contributed by atoms with Crippen LogP contribution >= 0.6 is 0 Å². The summed E-state index contributed by atoms with van der Waals surface area (Å²) in [4.78, 5) is 22.1. The zero-order valence-electron chi connectivity index (χ0n) is 29.5. The summed E-state index contributed by atoms with van der Waals surface area (Å²) < 4.78 is 42.7. The van der Waals surface area contributed by atoms with Gasteiger partial charge in [0.15, 0.2) is 5.82 Å². The van der Waals surface area contributed by atoms with Crippen LogP contribution in [-0.4, -0.2) is 31.0 Å². The molecule has 5 aromatic carbocycles. The van der Waals surface area contributed by atoms with Crippen molar-refractivity contribution in [2.24, 2.45) is 7.05 Å². The summed E-state index contributed by atoms with van der Waals surface area (Å²) >= 11 is 0. The number of nitrogens with zero attached hydrogens (tertiary/aromatic N) is 4. The van der Waals surface area contributed by atoms with Crippen molar-refractivity contribution in [1.82, 2.24) is 19.3 Å². The van der Waals surface area contributed by atoms with E-state index in [0.717, 1.165) is 27.8 Å². The Morgan fingerprint density at radius 1 is 0.755 bits per heavy atom. The quantitative estimate of drug-likeness (QED) is 0.129. The molecule has 1 N–H and O–H groups in total. The fourth-order valence-corrected chi connectivity index (χ4v) is 6.71. The normalized spacial score (nSPS) is 12.1. The van der Waals surface area contributed by atoms with Gasteiger partial charge in [-0.3, -0.25) is 14.2 Å². The second-order valence-electron chi connectivity index (χ2n) is 13.4. The molecule has 268 valence electrons. The molecule has 0 aliphatic heterocycles. The molecule has 0 atom stereocenters. The van der Waals surface area contributed by atoms with Crippen molar-refractivity contribution in [3.63, 3.8) is 0 Å². The summed E-state index contributed by atoms with van der Waals surface area (Å²) in [5.74, 6) is 0.271. The number of hydrogen-bond donors (Lipinski definition) is 1. The van der Waals surface area contributed by atoms with Crippen LogP contribution in [0.2, 0.25) is 0 Å². The van der Waals surface area contributed by atoms with Gasteiger partial charge in [0, 0.05) is 30.6 Å². The first-order valence-corrected chi connectivity index (χ1v) is 17.2. The Balaban J connectivity index is 1.28. The summed E-state index contributed by atoms with van der Waals surface area (Å²) in [7, 11) is 1.64. The molecule has 7 rings (SSSR count). The van der Waals surface area contributed by atoms with Gasteiger partial charge in [-0.25, -0.2) is 9.97 Å². The minimum Gasteiger partial charge on any atom is -0.434 e. The Kier molecular flexibility index (Phi) is 9.74. The van der Waals surface area contributed by atoms with Crippen molar-refractivity contribution in [2.45, 2.75) is 44.8 Å². The highest BCUT2D eigenvalue weighted by atomic mass is 19.3. The van der Waals surface area contributed by atoms with Gasteiger partial charge in [-0.1, -0.05) is 103 Å². The third kappa shape index (κ3) is 7.11. The average molecular weight is 713 g/mol. The molecule has 0 aliphatic carbocycles. The largest absolute Gasteiger partial charge is 0.434 e. The average Bonchev–Trinajstić information content (AvgIpc) is 3.41. The van der Waals surface area contributed by atoms with Gasteiger partial charge in [0.05, 0.1) is 24.1 Å². The monoisotopic (exact) mass is 712 g/mol. The highest BCUT2D eigenvalue weighted by Gasteiger charge is 2.37. The molecule has 0 aliphatic rings. The van der Waals surface area contributed by atoms with Crippen LogP contribution in [0.4, 0.5) is 8.78 Å². The summed E-state index contributed by atoms with van der Waals surface area (Å²) in [6.07, 6.45) is 3.23. The fraction of sp³-hybridized carbons (Fsp3) is 0.186. The third-order valence-corrected chi connectivity index (χ3v) is 9.35. The van der Waals surface area contributed by atoms with Gasteiger partial charge in [-0.15, -0.1) is 0 Å². The highest BCUT2D eigenvalue weighted by Crippen LogP contribution is 2.41. The van der Waals surface area contributed by atoms with Crippen molar-refractivity contribution in [2.75, 3.05) is 0 Å². The predicted octanol–water partition coefficient (Wildman–Crippen LogP) is 8.18. The van der Waals surface area contributed by atoms with Gasteiger partial charge in [0.25, 0.3) is 5.56 Å². The van der Waals surface area contributed by atoms with Crippen LogP contribution in [-0.2, 0) is 36.1 Å². The van der Waals surface area contributed by atoms with Crippen LogP contribution in [0.1, 0.15) is 47.5 Å². The van der Waals surface area contributed by atoms with Crippen LogP contribution < -0.4 is 10.3 Å². The number of hydrogen-bond acceptors (Lipinski definition) is 6. The van der Waals surface area contributed by atoms with Crippen molar-refractivity contribution in [3.8, 4) is 16.9 Å². The van der Waals surface area contributed by atoms with Gasteiger partial charge in [-0.05, 0) is 65.9 Å². The zero-order chi connectivity index (χ0) is 37.2. The van der Waals surface area contributed by atoms with Crippen LogP contribution in [0, 0.1) is 0 Å². The summed E-state index contributed by atoms with van der Waals surface area (Å²) in [5, 5.41) is 10.8. The molecular weight excluding hydrogens is 674 g/mol. The Morgan fingerprint density at radius 2 is 1.32 bits per heavy atom. The SMILES string of the molecule is Cn1c(=O)c2ccc(-c3cnc(C(C)(C)O)nc3)cc2n1Cc1cc(COC(c2ccccc2)(c2ccccc2)c2ccccc2)ccc1OC(F)F. The first kappa shape index (κ1) is 35.4. The second-order valence-corrected chi connectivity index (χ2v) is 13.4. The lowest BCUT2D eigenvalue weighted by Gasteiger charge is -2.36. The third-order valence-electron chi connectivity index (χ3n) is 9.35. The second kappa shape index (κ2) is 14.6. The number of alkyl halides is 2. The van der Waals surface area contributed by atoms with Crippen molar-refractivity contribution in [3.05, 3.63) is 184 Å². The maximum Gasteiger partial charge on any atom is 0.387 e. The Hall–Kier alpha value is -5.97. The Labute approximate surface area is 305 Å². The van der Waals surface area contributed by atoms with Crippen LogP contribution in [0.3, 0.4) is 0 Å². The van der Waals surface area contributed by atoms with Gasteiger partial charge in [0.1, 0.15) is 17.0 Å². The Bertz CT molecular complexity index is 2290. The van der Waals surface area contributed by atoms with Gasteiger partial charge >= 0.3 is 6.61 Å². The standard InChI is InChI=1S/C43H38F2N4O4/c1-42(2,51)40-46-25-32(26-47-40)30-20-21-36-37(24-30)49(48(3)39(36)50)27-31-23-29(19-22-38(31)53-41(44)45)28-52-43(33-13-7-4-8-14-33,34-15-9-5-10-16-34)35-17-11-6-12-18-35/h4-26,41,51H,27-28H2,1-3H3. The topological polar surface area (TPSA) is 91.4 Å². The molecule has 53 heavy (non-hydrogen) atoms. The van der Waals surface area contributed by atoms with E-state index in [1.807, 2.05) is 97.1 Å². The lowest BCUT2D eigenvalue weighted by Crippen LogP contribution is -2.32. The number of fused-ring (bicyclic) bond motifs is 1. The summed E-state index contributed by atoms with van der Waals surface area (Å²) in [6.45, 7) is 0.328. The molecule has 0 saturated carbocycles. The van der Waals surface area contributed by atoms with E-state index in [2.05, 4.69) is 9.97 Å². The van der Waals surface area contributed by atoms with E-state index in [1.54, 1.807) is 62.2 Å². The zero-order valence-corrected chi connectivity index (χ0v) is 29.5. The predicted molar refractivity (Wildman–Crippen MR) is 200 cm³/mol. The molecule has 0 unspecified atom stereocenters. The molecule has 2 aromatic heterocycles. The van der Waals surface area contributed by atoms with E-state index in [-0.39, 0.29) is 30.3 Å². The lowest BCUT2D eigenvalue weighted by molar-refractivity contribution is -0.0505. The number of aromatic nitrogens is 4. The number of aliphatic hydroxyl groups is 1. The maximum absolute atomic E-state index is 13.7. The molecular formula is C43H38F2N4O4. The molecule has 7 aromatic rings. The molecule has 0 amide bonds. The Morgan fingerprint density at radius 3 is 1.85 bits per heavy atom. The fourth-order valence-electron chi connectivity index (χ4n) is 6.71. The molecule has 0 radical (unpaired) electrons. The van der Waals surface area contributed by atoms with Crippen LogP contribution in [0.5, 0.6) is 5.75 Å². The first-order valence-electron chi connectivity index (χ1n) is 17.2. The lowest BCUT2D eigenvalue weighted by atomic mass is 9.80. The van der Waals surface area contributed by atoms with E-state index >= 15 is 0 Å². The van der Waals surface area contributed by atoms with E-state index in [9.17, 15) is 18.7 Å². The minimum absolute atomic E-state index is 0.00903. The number of rotatable bonds is 12. The molecule has 10 heteroatoms. The van der Waals surface area contributed by atoms with Gasteiger partial charge in [-0.2, -0.15) is 8.78 Å². The minimum atomic E-state index is -3.05. The maximum atomic E-state index is 13.7. The molecule has 0 bridgehead atoms. The molecule has 0 spiro atoms. The number of benzene rings is 5. The highest BCUT2D eigenvalue weighted by molar-refractivity contribution is 5.84. The van der Waals surface area contributed by atoms with E-state index in [1.165, 1.54) is 10.7 Å². The smallest absolute Gasteiger partial charge is 0.387 e.